The Balaban J connectivity index is 1.78. The van der Waals surface area contributed by atoms with Gasteiger partial charge in [-0.3, -0.25) is 9.78 Å². The number of hydrogen-bond acceptors (Lipinski definition) is 2. The molecule has 2 aromatic heterocycles. The van der Waals surface area contributed by atoms with Crippen LogP contribution in [0.5, 0.6) is 0 Å². The lowest BCUT2D eigenvalue weighted by molar-refractivity contribution is -0.121. The highest BCUT2D eigenvalue weighted by molar-refractivity contribution is 5.90. The Hall–Kier alpha value is -2.62. The topological polar surface area (TPSA) is 57.8 Å². The maximum absolute atomic E-state index is 12.4. The number of fused-ring (bicyclic) bond motifs is 1. The van der Waals surface area contributed by atoms with Crippen LogP contribution in [-0.2, 0) is 11.2 Å². The fourth-order valence-electron chi connectivity index (χ4n) is 2.88. The number of rotatable bonds is 4. The number of carbonyl (C=O) groups is 1. The molecule has 4 heteroatoms. The van der Waals surface area contributed by atoms with Crippen molar-refractivity contribution in [2.45, 2.75) is 33.2 Å². The van der Waals surface area contributed by atoms with Gasteiger partial charge in [0.25, 0.3) is 0 Å². The standard InChI is InChI=1S/C19H21N3O/c1-12-7-8-18-16(10-12)15(13(2)21-18)11-19(23)22-14(3)17-6-4-5-9-20-17/h4-10,14,21H,11H2,1-3H3,(H,22,23). The number of benzene rings is 1. The lowest BCUT2D eigenvalue weighted by atomic mass is 10.1. The first-order valence-corrected chi connectivity index (χ1v) is 7.82. The molecule has 2 heterocycles. The van der Waals surface area contributed by atoms with E-state index in [1.54, 1.807) is 6.20 Å². The third-order valence-electron chi connectivity index (χ3n) is 4.12. The van der Waals surface area contributed by atoms with Gasteiger partial charge in [0.05, 0.1) is 18.2 Å². The van der Waals surface area contributed by atoms with E-state index in [0.29, 0.717) is 6.42 Å². The van der Waals surface area contributed by atoms with Crippen molar-refractivity contribution in [3.05, 3.63) is 65.1 Å². The molecular formula is C19H21N3O. The number of H-pyrrole nitrogens is 1. The van der Waals surface area contributed by atoms with Crippen LogP contribution in [0.3, 0.4) is 0 Å². The normalized spacial score (nSPS) is 12.3. The highest BCUT2D eigenvalue weighted by atomic mass is 16.1. The summed E-state index contributed by atoms with van der Waals surface area (Å²) in [5.41, 5.74) is 5.25. The Bertz CT molecular complexity index is 836. The van der Waals surface area contributed by atoms with Gasteiger partial charge in [-0.1, -0.05) is 17.7 Å². The first-order chi connectivity index (χ1) is 11.0. The monoisotopic (exact) mass is 307 g/mol. The van der Waals surface area contributed by atoms with Crippen LogP contribution in [0.2, 0.25) is 0 Å². The molecule has 0 saturated heterocycles. The minimum atomic E-state index is -0.101. The van der Waals surface area contributed by atoms with Gasteiger partial charge in [0.1, 0.15) is 0 Å². The number of aryl methyl sites for hydroxylation is 2. The Kier molecular flexibility index (Phi) is 4.15. The summed E-state index contributed by atoms with van der Waals surface area (Å²) >= 11 is 0. The zero-order chi connectivity index (χ0) is 16.4. The van der Waals surface area contributed by atoms with Crippen molar-refractivity contribution >= 4 is 16.8 Å². The molecule has 0 aliphatic rings. The maximum Gasteiger partial charge on any atom is 0.225 e. The molecule has 0 radical (unpaired) electrons. The molecule has 4 nitrogen and oxygen atoms in total. The summed E-state index contributed by atoms with van der Waals surface area (Å²) in [5.74, 6) is 0.00802. The molecule has 1 unspecified atom stereocenters. The number of nitrogens with zero attached hydrogens (tertiary/aromatic N) is 1. The smallest absolute Gasteiger partial charge is 0.225 e. The van der Waals surface area contributed by atoms with Gasteiger partial charge in [-0.05, 0) is 50.6 Å². The van der Waals surface area contributed by atoms with E-state index >= 15 is 0 Å². The summed E-state index contributed by atoms with van der Waals surface area (Å²) < 4.78 is 0. The van der Waals surface area contributed by atoms with Crippen LogP contribution < -0.4 is 5.32 Å². The zero-order valence-electron chi connectivity index (χ0n) is 13.7. The second kappa shape index (κ2) is 6.24. The van der Waals surface area contributed by atoms with Crippen molar-refractivity contribution in [2.24, 2.45) is 0 Å². The second-order valence-electron chi connectivity index (χ2n) is 6.00. The molecular weight excluding hydrogens is 286 g/mol. The third-order valence-corrected chi connectivity index (χ3v) is 4.12. The summed E-state index contributed by atoms with van der Waals surface area (Å²) in [7, 11) is 0. The highest BCUT2D eigenvalue weighted by Crippen LogP contribution is 2.24. The van der Waals surface area contributed by atoms with Crippen molar-refractivity contribution in [1.82, 2.24) is 15.3 Å². The van der Waals surface area contributed by atoms with E-state index in [-0.39, 0.29) is 11.9 Å². The molecule has 0 aliphatic heterocycles. The number of amides is 1. The first-order valence-electron chi connectivity index (χ1n) is 7.82. The molecule has 0 spiro atoms. The van der Waals surface area contributed by atoms with Crippen molar-refractivity contribution in [1.29, 1.82) is 0 Å². The Morgan fingerprint density at radius 1 is 1.26 bits per heavy atom. The minimum Gasteiger partial charge on any atom is -0.358 e. The third kappa shape index (κ3) is 3.26. The number of aromatic nitrogens is 2. The molecule has 0 saturated carbocycles. The number of aromatic amines is 1. The van der Waals surface area contributed by atoms with Crippen LogP contribution in [-0.4, -0.2) is 15.9 Å². The quantitative estimate of drug-likeness (QED) is 0.773. The largest absolute Gasteiger partial charge is 0.358 e. The van der Waals surface area contributed by atoms with E-state index in [2.05, 4.69) is 40.4 Å². The number of pyridine rings is 1. The van der Waals surface area contributed by atoms with Gasteiger partial charge in [0, 0.05) is 22.8 Å². The van der Waals surface area contributed by atoms with Crippen LogP contribution in [0, 0.1) is 13.8 Å². The molecule has 1 atom stereocenters. The molecule has 1 aromatic carbocycles. The minimum absolute atomic E-state index is 0.00802. The molecule has 3 rings (SSSR count). The summed E-state index contributed by atoms with van der Waals surface area (Å²) in [6.45, 7) is 6.03. The Morgan fingerprint density at radius 2 is 2.09 bits per heavy atom. The predicted molar refractivity (Wildman–Crippen MR) is 92.3 cm³/mol. The van der Waals surface area contributed by atoms with Gasteiger partial charge in [-0.15, -0.1) is 0 Å². The van der Waals surface area contributed by atoms with Crippen LogP contribution in [0.4, 0.5) is 0 Å². The molecule has 1 amide bonds. The van der Waals surface area contributed by atoms with Gasteiger partial charge in [-0.2, -0.15) is 0 Å². The Morgan fingerprint density at radius 3 is 2.83 bits per heavy atom. The average Bonchev–Trinajstić information content (AvgIpc) is 2.84. The van der Waals surface area contributed by atoms with E-state index in [4.69, 9.17) is 0 Å². The molecule has 0 fully saturated rings. The summed E-state index contributed by atoms with van der Waals surface area (Å²) in [6, 6.07) is 11.9. The van der Waals surface area contributed by atoms with E-state index in [1.165, 1.54) is 5.56 Å². The van der Waals surface area contributed by atoms with E-state index < -0.39 is 0 Å². The molecule has 0 aliphatic carbocycles. The van der Waals surface area contributed by atoms with Gasteiger partial charge < -0.3 is 10.3 Å². The highest BCUT2D eigenvalue weighted by Gasteiger charge is 2.15. The predicted octanol–water partition coefficient (Wildman–Crippen LogP) is 3.60. The number of hydrogen-bond donors (Lipinski definition) is 2. The molecule has 23 heavy (non-hydrogen) atoms. The van der Waals surface area contributed by atoms with Gasteiger partial charge >= 0.3 is 0 Å². The average molecular weight is 307 g/mol. The van der Waals surface area contributed by atoms with Crippen LogP contribution in [0.1, 0.15) is 35.5 Å². The molecule has 3 aromatic rings. The summed E-state index contributed by atoms with van der Waals surface area (Å²) in [4.78, 5) is 20.1. The van der Waals surface area contributed by atoms with E-state index in [0.717, 1.165) is 27.9 Å². The first kappa shape index (κ1) is 15.3. The molecule has 0 bridgehead atoms. The number of carbonyl (C=O) groups excluding carboxylic acids is 1. The fraction of sp³-hybridized carbons (Fsp3) is 0.263. The van der Waals surface area contributed by atoms with E-state index in [1.807, 2.05) is 32.0 Å². The van der Waals surface area contributed by atoms with Gasteiger partial charge in [-0.25, -0.2) is 0 Å². The van der Waals surface area contributed by atoms with Crippen LogP contribution in [0.15, 0.2) is 42.6 Å². The summed E-state index contributed by atoms with van der Waals surface area (Å²) in [5, 5.41) is 4.15. The van der Waals surface area contributed by atoms with Crippen molar-refractivity contribution in [2.75, 3.05) is 0 Å². The summed E-state index contributed by atoms with van der Waals surface area (Å²) in [6.07, 6.45) is 2.11. The van der Waals surface area contributed by atoms with Gasteiger partial charge in [0.15, 0.2) is 0 Å². The van der Waals surface area contributed by atoms with Crippen molar-refractivity contribution < 1.29 is 4.79 Å². The fourth-order valence-corrected chi connectivity index (χ4v) is 2.88. The molecule has 2 N–H and O–H groups in total. The number of nitrogens with one attached hydrogen (secondary N) is 2. The second-order valence-corrected chi connectivity index (χ2v) is 6.00. The maximum atomic E-state index is 12.4. The Labute approximate surface area is 136 Å². The zero-order valence-corrected chi connectivity index (χ0v) is 13.7. The lowest BCUT2D eigenvalue weighted by Gasteiger charge is -2.13. The van der Waals surface area contributed by atoms with Crippen LogP contribution in [0.25, 0.3) is 10.9 Å². The van der Waals surface area contributed by atoms with Crippen LogP contribution >= 0.6 is 0 Å². The SMILES string of the molecule is Cc1ccc2[nH]c(C)c(CC(=O)NC(C)c3ccccn3)c2c1. The van der Waals surface area contributed by atoms with Gasteiger partial charge in [0.2, 0.25) is 5.91 Å². The lowest BCUT2D eigenvalue weighted by Crippen LogP contribution is -2.28. The van der Waals surface area contributed by atoms with E-state index in [9.17, 15) is 4.79 Å². The molecule has 118 valence electrons. The van der Waals surface area contributed by atoms with Crippen molar-refractivity contribution in [3.8, 4) is 0 Å². The van der Waals surface area contributed by atoms with Crippen molar-refractivity contribution in [3.63, 3.8) is 0 Å².